The van der Waals surface area contributed by atoms with Gasteiger partial charge >= 0.3 is 0 Å². The van der Waals surface area contributed by atoms with Crippen molar-refractivity contribution in [2.45, 2.75) is 6.92 Å². The molecule has 13 heavy (non-hydrogen) atoms. The predicted molar refractivity (Wildman–Crippen MR) is 48.7 cm³/mol. The van der Waals surface area contributed by atoms with E-state index in [2.05, 4.69) is 6.92 Å². The van der Waals surface area contributed by atoms with Crippen LogP contribution in [-0.2, 0) is 0 Å². The molecule has 1 aromatic carbocycles. The third kappa shape index (κ3) is 2.18. The summed E-state index contributed by atoms with van der Waals surface area (Å²) in [5.74, 6) is 0.591. The normalized spacial score (nSPS) is 9.69. The Labute approximate surface area is 76.3 Å². The molecule has 0 fully saturated rings. The van der Waals surface area contributed by atoms with Gasteiger partial charge in [-0.3, -0.25) is 10.1 Å². The van der Waals surface area contributed by atoms with Gasteiger partial charge in [0.15, 0.2) is 0 Å². The molecule has 0 saturated carbocycles. The maximum Gasteiger partial charge on any atom is 0.269 e. The van der Waals surface area contributed by atoms with Crippen LogP contribution in [0.5, 0.6) is 5.75 Å². The van der Waals surface area contributed by atoms with E-state index in [4.69, 9.17) is 4.74 Å². The van der Waals surface area contributed by atoms with E-state index in [-0.39, 0.29) is 5.69 Å². The maximum atomic E-state index is 10.4. The van der Waals surface area contributed by atoms with Crippen molar-refractivity contribution in [2.75, 3.05) is 6.61 Å². The number of nitrogens with zero attached hydrogens (tertiary/aromatic N) is 1. The van der Waals surface area contributed by atoms with Crippen molar-refractivity contribution >= 4 is 5.69 Å². The van der Waals surface area contributed by atoms with Gasteiger partial charge in [0.05, 0.1) is 11.5 Å². The van der Waals surface area contributed by atoms with Crippen molar-refractivity contribution < 1.29 is 9.66 Å². The molecule has 0 saturated heterocycles. The fourth-order valence-corrected chi connectivity index (χ4v) is 0.976. The molecule has 0 spiro atoms. The molecule has 69 valence electrons. The largest absolute Gasteiger partial charge is 0.494 e. The van der Waals surface area contributed by atoms with Crippen LogP contribution < -0.4 is 4.74 Å². The number of hydrogen-bond donors (Lipinski definition) is 0. The van der Waals surface area contributed by atoms with Gasteiger partial charge < -0.3 is 4.74 Å². The average molecular weight is 180 g/mol. The molecule has 1 rings (SSSR count). The summed E-state index contributed by atoms with van der Waals surface area (Å²) >= 11 is 0. The van der Waals surface area contributed by atoms with Gasteiger partial charge in [-0.15, -0.1) is 0 Å². The van der Waals surface area contributed by atoms with Crippen molar-refractivity contribution in [3.63, 3.8) is 0 Å². The lowest BCUT2D eigenvalue weighted by atomic mass is 10.2. The smallest absolute Gasteiger partial charge is 0.269 e. The minimum Gasteiger partial charge on any atom is -0.494 e. The zero-order chi connectivity index (χ0) is 9.84. The Kier molecular flexibility index (Phi) is 2.84. The molecule has 0 aliphatic carbocycles. The lowest BCUT2D eigenvalue weighted by molar-refractivity contribution is -0.384. The third-order valence-corrected chi connectivity index (χ3v) is 1.55. The third-order valence-electron chi connectivity index (χ3n) is 1.55. The Hall–Kier alpha value is -1.58. The lowest BCUT2D eigenvalue weighted by Crippen LogP contribution is -1.95. The second-order valence-corrected chi connectivity index (χ2v) is 2.48. The van der Waals surface area contributed by atoms with Crippen molar-refractivity contribution in [3.8, 4) is 5.75 Å². The van der Waals surface area contributed by atoms with Gasteiger partial charge in [0.1, 0.15) is 5.75 Å². The quantitative estimate of drug-likeness (QED) is 0.529. The molecular formula is C9H10NO3. The standard InChI is InChI=1S/C9H10NO3/c1-3-13-9-5-4-8(10(11)12)6-7(9)2/h4-6H,2-3H2,1H3. The first-order valence-corrected chi connectivity index (χ1v) is 3.88. The van der Waals surface area contributed by atoms with Gasteiger partial charge in [-0.25, -0.2) is 0 Å². The summed E-state index contributed by atoms with van der Waals surface area (Å²) in [6, 6.07) is 4.36. The molecule has 0 aromatic heterocycles. The van der Waals surface area contributed by atoms with Crippen molar-refractivity contribution in [3.05, 3.63) is 40.8 Å². The van der Waals surface area contributed by atoms with E-state index >= 15 is 0 Å². The molecule has 0 atom stereocenters. The summed E-state index contributed by atoms with van der Waals surface area (Å²) in [7, 11) is 0. The summed E-state index contributed by atoms with van der Waals surface area (Å²) in [4.78, 5) is 9.91. The summed E-state index contributed by atoms with van der Waals surface area (Å²) in [6.07, 6.45) is 0. The molecular weight excluding hydrogens is 170 g/mol. The van der Waals surface area contributed by atoms with Crippen LogP contribution in [0.1, 0.15) is 12.5 Å². The van der Waals surface area contributed by atoms with Crippen LogP contribution in [0.25, 0.3) is 0 Å². The van der Waals surface area contributed by atoms with Crippen LogP contribution in [-0.4, -0.2) is 11.5 Å². The Morgan fingerprint density at radius 1 is 1.62 bits per heavy atom. The number of nitro groups is 1. The van der Waals surface area contributed by atoms with Crippen molar-refractivity contribution in [2.24, 2.45) is 0 Å². The Morgan fingerprint density at radius 3 is 2.77 bits per heavy atom. The maximum absolute atomic E-state index is 10.4. The number of benzene rings is 1. The predicted octanol–water partition coefficient (Wildman–Crippen LogP) is 2.18. The number of nitro benzene ring substituents is 1. The van der Waals surface area contributed by atoms with Crippen LogP contribution in [0.3, 0.4) is 0 Å². The van der Waals surface area contributed by atoms with Gasteiger partial charge in [-0.2, -0.15) is 0 Å². The molecule has 0 aliphatic rings. The van der Waals surface area contributed by atoms with E-state index in [1.807, 2.05) is 6.92 Å². The fraction of sp³-hybridized carbons (Fsp3) is 0.222. The number of rotatable bonds is 3. The first-order chi connectivity index (χ1) is 6.15. The summed E-state index contributed by atoms with van der Waals surface area (Å²) in [5, 5.41) is 10.4. The van der Waals surface area contributed by atoms with Gasteiger partial charge in [0, 0.05) is 17.7 Å². The molecule has 0 bridgehead atoms. The van der Waals surface area contributed by atoms with E-state index in [9.17, 15) is 10.1 Å². The monoisotopic (exact) mass is 180 g/mol. The zero-order valence-corrected chi connectivity index (χ0v) is 7.32. The summed E-state index contributed by atoms with van der Waals surface area (Å²) in [6.45, 7) is 6.03. The highest BCUT2D eigenvalue weighted by Crippen LogP contribution is 2.22. The lowest BCUT2D eigenvalue weighted by Gasteiger charge is -2.05. The Balaban J connectivity index is 2.98. The van der Waals surface area contributed by atoms with E-state index < -0.39 is 4.92 Å². The topological polar surface area (TPSA) is 52.4 Å². The second kappa shape index (κ2) is 3.89. The SMILES string of the molecule is [CH2]c1cc([N+](=O)[O-])ccc1OCC. The summed E-state index contributed by atoms with van der Waals surface area (Å²) in [5.41, 5.74) is 0.574. The molecule has 4 nitrogen and oxygen atoms in total. The molecule has 0 heterocycles. The Bertz CT molecular complexity index is 323. The molecule has 1 aromatic rings. The first-order valence-electron chi connectivity index (χ1n) is 3.88. The Morgan fingerprint density at radius 2 is 2.31 bits per heavy atom. The van der Waals surface area contributed by atoms with Gasteiger partial charge in [-0.05, 0) is 19.9 Å². The highest BCUT2D eigenvalue weighted by atomic mass is 16.6. The number of hydrogen-bond acceptors (Lipinski definition) is 3. The van der Waals surface area contributed by atoms with Crippen LogP contribution in [0.4, 0.5) is 5.69 Å². The summed E-state index contributed by atoms with van der Waals surface area (Å²) < 4.78 is 5.19. The van der Waals surface area contributed by atoms with E-state index in [0.717, 1.165) is 0 Å². The molecule has 4 heteroatoms. The zero-order valence-electron chi connectivity index (χ0n) is 7.32. The second-order valence-electron chi connectivity index (χ2n) is 2.48. The highest BCUT2D eigenvalue weighted by Gasteiger charge is 2.07. The first kappa shape index (κ1) is 9.51. The minimum absolute atomic E-state index is 0.0356. The van der Waals surface area contributed by atoms with E-state index in [1.54, 1.807) is 6.07 Å². The van der Waals surface area contributed by atoms with Gasteiger partial charge in [0.25, 0.3) is 5.69 Å². The van der Waals surface area contributed by atoms with Gasteiger partial charge in [0.2, 0.25) is 0 Å². The highest BCUT2D eigenvalue weighted by molar-refractivity contribution is 5.45. The molecule has 0 aliphatic heterocycles. The van der Waals surface area contributed by atoms with E-state index in [1.165, 1.54) is 12.1 Å². The molecule has 1 radical (unpaired) electrons. The molecule has 0 amide bonds. The number of non-ortho nitro benzene ring substituents is 1. The van der Waals surface area contributed by atoms with Crippen LogP contribution in [0.2, 0.25) is 0 Å². The van der Waals surface area contributed by atoms with Crippen LogP contribution in [0.15, 0.2) is 18.2 Å². The van der Waals surface area contributed by atoms with Crippen molar-refractivity contribution in [1.29, 1.82) is 0 Å². The fourth-order valence-electron chi connectivity index (χ4n) is 0.976. The van der Waals surface area contributed by atoms with Crippen LogP contribution in [0, 0.1) is 17.0 Å². The van der Waals surface area contributed by atoms with Crippen molar-refractivity contribution in [1.82, 2.24) is 0 Å². The van der Waals surface area contributed by atoms with E-state index in [0.29, 0.717) is 17.9 Å². The minimum atomic E-state index is -0.454. The van der Waals surface area contributed by atoms with Gasteiger partial charge in [-0.1, -0.05) is 0 Å². The van der Waals surface area contributed by atoms with Crippen LogP contribution >= 0.6 is 0 Å². The molecule has 0 unspecified atom stereocenters. The average Bonchev–Trinajstić information content (AvgIpc) is 2.08. The number of ether oxygens (including phenoxy) is 1. The molecule has 0 N–H and O–H groups in total.